The Morgan fingerprint density at radius 3 is 2.60 bits per heavy atom. The Morgan fingerprint density at radius 1 is 1.20 bits per heavy atom. The standard InChI is InChI=1S/C21H33N3O4S.HI/c1-3-22-21(23-13-16-11-12-29(25,26)15-16)24-14-17-7-6-10-19(27-2)20(17)28-18-8-4-5-9-18;/h6-7,10,16,18H,3-5,8-9,11-15H2,1-2H3,(H2,22,23,24);1H. The van der Waals surface area contributed by atoms with E-state index in [1.807, 2.05) is 25.1 Å². The Bertz CT molecular complexity index is 810. The van der Waals surface area contributed by atoms with Gasteiger partial charge in [-0.25, -0.2) is 13.4 Å². The summed E-state index contributed by atoms with van der Waals surface area (Å²) in [6, 6.07) is 5.89. The molecule has 1 aromatic carbocycles. The number of benzene rings is 1. The first-order valence-corrected chi connectivity index (χ1v) is 12.4. The average molecular weight is 551 g/mol. The number of halogens is 1. The SMILES string of the molecule is CCNC(=NCc1cccc(OC)c1OC1CCCC1)NCC1CCS(=O)(=O)C1.I. The Morgan fingerprint density at radius 2 is 1.97 bits per heavy atom. The molecule has 3 rings (SSSR count). The van der Waals surface area contributed by atoms with Gasteiger partial charge >= 0.3 is 0 Å². The van der Waals surface area contributed by atoms with E-state index in [2.05, 4.69) is 10.6 Å². The summed E-state index contributed by atoms with van der Waals surface area (Å²) in [5.41, 5.74) is 0.983. The quantitative estimate of drug-likeness (QED) is 0.293. The van der Waals surface area contributed by atoms with Gasteiger partial charge in [-0.3, -0.25) is 0 Å². The van der Waals surface area contributed by atoms with Gasteiger partial charge in [0.05, 0.1) is 31.3 Å². The van der Waals surface area contributed by atoms with Gasteiger partial charge in [0.25, 0.3) is 0 Å². The second-order valence-electron chi connectivity index (χ2n) is 7.82. The van der Waals surface area contributed by atoms with Crippen molar-refractivity contribution in [1.82, 2.24) is 10.6 Å². The van der Waals surface area contributed by atoms with Crippen molar-refractivity contribution >= 4 is 39.8 Å². The monoisotopic (exact) mass is 551 g/mol. The molecule has 1 aromatic rings. The number of sulfone groups is 1. The van der Waals surface area contributed by atoms with Crippen molar-refractivity contribution in [3.05, 3.63) is 23.8 Å². The highest BCUT2D eigenvalue weighted by atomic mass is 127. The Kier molecular flexibility index (Phi) is 9.99. The van der Waals surface area contributed by atoms with Crippen LogP contribution in [0.25, 0.3) is 0 Å². The lowest BCUT2D eigenvalue weighted by molar-refractivity contribution is 0.198. The minimum atomic E-state index is -2.87. The van der Waals surface area contributed by atoms with Crippen molar-refractivity contribution in [3.63, 3.8) is 0 Å². The molecule has 1 atom stereocenters. The van der Waals surface area contributed by atoms with Crippen LogP contribution < -0.4 is 20.1 Å². The van der Waals surface area contributed by atoms with Gasteiger partial charge < -0.3 is 20.1 Å². The van der Waals surface area contributed by atoms with Crippen LogP contribution in [-0.4, -0.2) is 52.2 Å². The fraction of sp³-hybridized carbons (Fsp3) is 0.667. The number of rotatable bonds is 8. The van der Waals surface area contributed by atoms with E-state index in [-0.39, 0.29) is 41.8 Å². The zero-order chi connectivity index (χ0) is 20.7. The van der Waals surface area contributed by atoms with Crippen molar-refractivity contribution in [2.75, 3.05) is 31.7 Å². The number of aliphatic imine (C=N–C) groups is 1. The molecular weight excluding hydrogens is 517 g/mol. The Hall–Kier alpha value is -1.23. The van der Waals surface area contributed by atoms with E-state index in [0.717, 1.165) is 36.4 Å². The van der Waals surface area contributed by atoms with Crippen molar-refractivity contribution < 1.29 is 17.9 Å². The molecule has 0 bridgehead atoms. The molecular formula is C21H34IN3O4S. The summed E-state index contributed by atoms with van der Waals surface area (Å²) in [7, 11) is -1.21. The number of nitrogens with zero attached hydrogens (tertiary/aromatic N) is 1. The predicted octanol–water partition coefficient (Wildman–Crippen LogP) is 3.12. The molecule has 1 aliphatic heterocycles. The number of methoxy groups -OCH3 is 1. The minimum absolute atomic E-state index is 0. The predicted molar refractivity (Wildman–Crippen MR) is 131 cm³/mol. The summed E-state index contributed by atoms with van der Waals surface area (Å²) >= 11 is 0. The Balaban J connectivity index is 0.00000320. The molecule has 9 heteroatoms. The molecule has 0 aromatic heterocycles. The van der Waals surface area contributed by atoms with E-state index < -0.39 is 9.84 Å². The highest BCUT2D eigenvalue weighted by Crippen LogP contribution is 2.35. The fourth-order valence-corrected chi connectivity index (χ4v) is 5.80. The minimum Gasteiger partial charge on any atom is -0.493 e. The molecule has 30 heavy (non-hydrogen) atoms. The van der Waals surface area contributed by atoms with Gasteiger partial charge in [-0.1, -0.05) is 12.1 Å². The lowest BCUT2D eigenvalue weighted by atomic mass is 10.1. The zero-order valence-electron chi connectivity index (χ0n) is 17.9. The highest BCUT2D eigenvalue weighted by Gasteiger charge is 2.27. The number of para-hydroxylation sites is 1. The van der Waals surface area contributed by atoms with Crippen LogP contribution in [0.4, 0.5) is 0 Å². The lowest BCUT2D eigenvalue weighted by Gasteiger charge is -2.19. The number of hydrogen-bond donors (Lipinski definition) is 2. The smallest absolute Gasteiger partial charge is 0.191 e. The molecule has 0 spiro atoms. The fourth-order valence-electron chi connectivity index (χ4n) is 3.93. The number of guanidine groups is 1. The van der Waals surface area contributed by atoms with Crippen molar-refractivity contribution in [3.8, 4) is 11.5 Å². The van der Waals surface area contributed by atoms with Gasteiger partial charge in [0.1, 0.15) is 0 Å². The van der Waals surface area contributed by atoms with Crippen LogP contribution in [0.1, 0.15) is 44.6 Å². The third kappa shape index (κ3) is 7.18. The molecule has 170 valence electrons. The number of hydrogen-bond acceptors (Lipinski definition) is 5. The van der Waals surface area contributed by atoms with Gasteiger partial charge in [0.2, 0.25) is 0 Å². The van der Waals surface area contributed by atoms with Gasteiger partial charge in [-0.05, 0) is 51.0 Å². The van der Waals surface area contributed by atoms with Crippen LogP contribution >= 0.6 is 24.0 Å². The maximum atomic E-state index is 11.7. The largest absolute Gasteiger partial charge is 0.493 e. The van der Waals surface area contributed by atoms with E-state index in [1.165, 1.54) is 12.8 Å². The van der Waals surface area contributed by atoms with E-state index in [1.54, 1.807) is 7.11 Å². The molecule has 0 amide bonds. The van der Waals surface area contributed by atoms with Crippen molar-refractivity contribution in [1.29, 1.82) is 0 Å². The first-order chi connectivity index (χ1) is 14.0. The maximum absolute atomic E-state index is 11.7. The molecule has 1 heterocycles. The summed E-state index contributed by atoms with van der Waals surface area (Å²) in [5.74, 6) is 2.89. The van der Waals surface area contributed by atoms with E-state index in [9.17, 15) is 8.42 Å². The van der Waals surface area contributed by atoms with Crippen LogP contribution in [0.15, 0.2) is 23.2 Å². The van der Waals surface area contributed by atoms with Crippen LogP contribution in [0.5, 0.6) is 11.5 Å². The molecule has 2 fully saturated rings. The van der Waals surface area contributed by atoms with Crippen molar-refractivity contribution in [2.24, 2.45) is 10.9 Å². The first-order valence-electron chi connectivity index (χ1n) is 10.6. The van der Waals surface area contributed by atoms with E-state index in [0.29, 0.717) is 31.2 Å². The van der Waals surface area contributed by atoms with E-state index >= 15 is 0 Å². The summed E-state index contributed by atoms with van der Waals surface area (Å²) in [5, 5.41) is 6.53. The molecule has 1 aliphatic carbocycles. The highest BCUT2D eigenvalue weighted by molar-refractivity contribution is 14.0. The summed E-state index contributed by atoms with van der Waals surface area (Å²) in [6.45, 7) is 3.81. The van der Waals surface area contributed by atoms with E-state index in [4.69, 9.17) is 14.5 Å². The molecule has 1 saturated carbocycles. The second-order valence-corrected chi connectivity index (χ2v) is 10.0. The summed E-state index contributed by atoms with van der Waals surface area (Å²) in [4.78, 5) is 4.70. The van der Waals surface area contributed by atoms with Crippen LogP contribution in [-0.2, 0) is 16.4 Å². The third-order valence-corrected chi connectivity index (χ3v) is 7.34. The number of ether oxygens (including phenoxy) is 2. The molecule has 2 N–H and O–H groups in total. The van der Waals surface area contributed by atoms with Crippen molar-refractivity contribution in [2.45, 2.75) is 51.7 Å². The van der Waals surface area contributed by atoms with Gasteiger partial charge in [0, 0.05) is 18.7 Å². The number of nitrogens with one attached hydrogen (secondary N) is 2. The van der Waals surface area contributed by atoms with Gasteiger partial charge in [-0.15, -0.1) is 24.0 Å². The van der Waals surface area contributed by atoms with Crippen LogP contribution in [0, 0.1) is 5.92 Å². The zero-order valence-corrected chi connectivity index (χ0v) is 21.0. The molecule has 7 nitrogen and oxygen atoms in total. The molecule has 1 unspecified atom stereocenters. The summed E-state index contributed by atoms with van der Waals surface area (Å²) in [6.07, 6.45) is 5.52. The second kappa shape index (κ2) is 12.0. The summed E-state index contributed by atoms with van der Waals surface area (Å²) < 4.78 is 35.1. The molecule has 1 saturated heterocycles. The van der Waals surface area contributed by atoms with Gasteiger partial charge in [0.15, 0.2) is 27.3 Å². The topological polar surface area (TPSA) is 89.0 Å². The van der Waals surface area contributed by atoms with Crippen LogP contribution in [0.3, 0.4) is 0 Å². The van der Waals surface area contributed by atoms with Crippen LogP contribution in [0.2, 0.25) is 0 Å². The Labute approximate surface area is 197 Å². The maximum Gasteiger partial charge on any atom is 0.191 e. The molecule has 0 radical (unpaired) electrons. The molecule has 2 aliphatic rings. The lowest BCUT2D eigenvalue weighted by Crippen LogP contribution is -2.40. The normalized spacial score (nSPS) is 21.1. The first kappa shape index (κ1) is 25.0. The average Bonchev–Trinajstić information content (AvgIpc) is 3.33. The van der Waals surface area contributed by atoms with Gasteiger partial charge in [-0.2, -0.15) is 0 Å². The third-order valence-electron chi connectivity index (χ3n) is 5.50.